The Labute approximate surface area is 124 Å². The molecule has 1 saturated heterocycles. The third-order valence-electron chi connectivity index (χ3n) is 5.22. The SMILES string of the molecule is CC(C)NC(C)(C#N)CN1CCC2(CCCCC2)CC1. The van der Waals surface area contributed by atoms with Crippen LogP contribution in [-0.2, 0) is 0 Å². The van der Waals surface area contributed by atoms with Gasteiger partial charge >= 0.3 is 0 Å². The molecule has 0 aromatic heterocycles. The molecule has 1 aliphatic heterocycles. The molecular weight excluding hydrogens is 246 g/mol. The largest absolute Gasteiger partial charge is 0.300 e. The summed E-state index contributed by atoms with van der Waals surface area (Å²) >= 11 is 0. The average Bonchev–Trinajstić information content (AvgIpc) is 2.42. The van der Waals surface area contributed by atoms with Crippen molar-refractivity contribution in [3.05, 3.63) is 0 Å². The van der Waals surface area contributed by atoms with Gasteiger partial charge in [-0.15, -0.1) is 0 Å². The van der Waals surface area contributed by atoms with E-state index in [0.29, 0.717) is 11.5 Å². The number of piperidine rings is 1. The Hall–Kier alpha value is -0.590. The molecule has 3 heteroatoms. The number of rotatable bonds is 4. The van der Waals surface area contributed by atoms with Crippen molar-refractivity contribution in [3.63, 3.8) is 0 Å². The lowest BCUT2D eigenvalue weighted by molar-refractivity contribution is 0.0580. The Morgan fingerprint density at radius 3 is 2.25 bits per heavy atom. The predicted octanol–water partition coefficient (Wildman–Crippen LogP) is 3.31. The van der Waals surface area contributed by atoms with Crippen molar-refractivity contribution in [3.8, 4) is 6.07 Å². The zero-order chi connectivity index (χ0) is 14.6. The van der Waals surface area contributed by atoms with Crippen molar-refractivity contribution in [2.24, 2.45) is 5.41 Å². The highest BCUT2D eigenvalue weighted by Crippen LogP contribution is 2.44. The van der Waals surface area contributed by atoms with E-state index in [1.54, 1.807) is 0 Å². The van der Waals surface area contributed by atoms with Crippen molar-refractivity contribution in [2.75, 3.05) is 19.6 Å². The Morgan fingerprint density at radius 2 is 1.75 bits per heavy atom. The van der Waals surface area contributed by atoms with Crippen LogP contribution in [0.15, 0.2) is 0 Å². The second-order valence-electron chi connectivity index (χ2n) is 7.58. The minimum Gasteiger partial charge on any atom is -0.300 e. The van der Waals surface area contributed by atoms with E-state index in [2.05, 4.69) is 30.1 Å². The van der Waals surface area contributed by atoms with Crippen LogP contribution in [0.4, 0.5) is 0 Å². The summed E-state index contributed by atoms with van der Waals surface area (Å²) in [6, 6.07) is 2.83. The molecule has 2 rings (SSSR count). The number of hydrogen-bond acceptors (Lipinski definition) is 3. The second kappa shape index (κ2) is 6.45. The molecule has 114 valence electrons. The molecule has 0 bridgehead atoms. The first kappa shape index (κ1) is 15.8. The Morgan fingerprint density at radius 1 is 1.15 bits per heavy atom. The van der Waals surface area contributed by atoms with Crippen molar-refractivity contribution in [1.82, 2.24) is 10.2 Å². The summed E-state index contributed by atoms with van der Waals surface area (Å²) in [5.74, 6) is 0. The normalized spacial score (nSPS) is 26.4. The Balaban J connectivity index is 1.86. The molecule has 0 amide bonds. The number of nitrogens with one attached hydrogen (secondary N) is 1. The van der Waals surface area contributed by atoms with E-state index in [9.17, 15) is 5.26 Å². The fourth-order valence-corrected chi connectivity index (χ4v) is 4.18. The summed E-state index contributed by atoms with van der Waals surface area (Å²) in [4.78, 5) is 2.50. The first-order valence-corrected chi connectivity index (χ1v) is 8.38. The minimum absolute atomic E-state index is 0.356. The van der Waals surface area contributed by atoms with E-state index in [4.69, 9.17) is 0 Å². The summed E-state index contributed by atoms with van der Waals surface area (Å²) in [7, 11) is 0. The number of hydrogen-bond donors (Lipinski definition) is 1. The molecule has 0 radical (unpaired) electrons. The van der Waals surface area contributed by atoms with Crippen LogP contribution in [0.1, 0.15) is 65.7 Å². The quantitative estimate of drug-likeness (QED) is 0.857. The van der Waals surface area contributed by atoms with Crippen molar-refractivity contribution in [2.45, 2.75) is 77.3 Å². The van der Waals surface area contributed by atoms with Gasteiger partial charge in [0.25, 0.3) is 0 Å². The molecule has 1 atom stereocenters. The van der Waals surface area contributed by atoms with Crippen LogP contribution >= 0.6 is 0 Å². The molecule has 2 aliphatic rings. The van der Waals surface area contributed by atoms with Crippen LogP contribution in [0, 0.1) is 16.7 Å². The zero-order valence-electron chi connectivity index (χ0n) is 13.5. The molecule has 20 heavy (non-hydrogen) atoms. The van der Waals surface area contributed by atoms with Gasteiger partial charge in [0.1, 0.15) is 5.54 Å². The van der Waals surface area contributed by atoms with Gasteiger partial charge in [-0.25, -0.2) is 0 Å². The van der Waals surface area contributed by atoms with E-state index < -0.39 is 5.54 Å². The lowest BCUT2D eigenvalue weighted by Crippen LogP contribution is -2.55. The zero-order valence-corrected chi connectivity index (χ0v) is 13.5. The first-order valence-electron chi connectivity index (χ1n) is 8.38. The fraction of sp³-hybridized carbons (Fsp3) is 0.941. The van der Waals surface area contributed by atoms with E-state index in [-0.39, 0.29) is 0 Å². The van der Waals surface area contributed by atoms with Crippen molar-refractivity contribution in [1.29, 1.82) is 5.26 Å². The van der Waals surface area contributed by atoms with Gasteiger partial charge in [-0.2, -0.15) is 5.26 Å². The highest BCUT2D eigenvalue weighted by molar-refractivity contribution is 5.07. The highest BCUT2D eigenvalue weighted by Gasteiger charge is 2.37. The van der Waals surface area contributed by atoms with E-state index in [1.807, 2.05) is 6.92 Å². The van der Waals surface area contributed by atoms with E-state index in [1.165, 1.54) is 58.0 Å². The lowest BCUT2D eigenvalue weighted by Gasteiger charge is -2.45. The molecular formula is C17H31N3. The maximum absolute atomic E-state index is 9.47. The van der Waals surface area contributed by atoms with Gasteiger partial charge in [0.2, 0.25) is 0 Å². The molecule has 0 aromatic carbocycles. The lowest BCUT2D eigenvalue weighted by atomic mass is 9.68. The molecule has 1 heterocycles. The topological polar surface area (TPSA) is 39.1 Å². The number of nitriles is 1. The van der Waals surface area contributed by atoms with Crippen molar-refractivity contribution < 1.29 is 0 Å². The van der Waals surface area contributed by atoms with Crippen LogP contribution in [0.3, 0.4) is 0 Å². The molecule has 1 saturated carbocycles. The van der Waals surface area contributed by atoms with Gasteiger partial charge in [0.05, 0.1) is 6.07 Å². The first-order chi connectivity index (χ1) is 9.47. The van der Waals surface area contributed by atoms with Gasteiger partial charge in [0, 0.05) is 12.6 Å². The Bertz CT molecular complexity index is 342. The van der Waals surface area contributed by atoms with E-state index in [0.717, 1.165) is 6.54 Å². The molecule has 1 aliphatic carbocycles. The third kappa shape index (κ3) is 3.96. The molecule has 3 nitrogen and oxygen atoms in total. The second-order valence-corrected chi connectivity index (χ2v) is 7.58. The predicted molar refractivity (Wildman–Crippen MR) is 83.5 cm³/mol. The molecule has 1 unspecified atom stereocenters. The fourth-order valence-electron chi connectivity index (χ4n) is 4.18. The van der Waals surface area contributed by atoms with Gasteiger partial charge in [-0.1, -0.05) is 19.3 Å². The number of nitrogens with zero attached hydrogens (tertiary/aromatic N) is 2. The number of likely N-dealkylation sites (tertiary alicyclic amines) is 1. The molecule has 2 fully saturated rings. The van der Waals surface area contributed by atoms with Gasteiger partial charge in [-0.3, -0.25) is 5.32 Å². The van der Waals surface area contributed by atoms with Crippen LogP contribution in [0.5, 0.6) is 0 Å². The standard InChI is InChI=1S/C17H31N3/c1-15(2)19-16(3,13-18)14-20-11-9-17(10-12-20)7-5-4-6-8-17/h15,19H,4-12,14H2,1-3H3. The van der Waals surface area contributed by atoms with Crippen LogP contribution in [-0.4, -0.2) is 36.1 Å². The van der Waals surface area contributed by atoms with Crippen molar-refractivity contribution >= 4 is 0 Å². The van der Waals surface area contributed by atoms with Gasteiger partial charge in [-0.05, 0) is 65.0 Å². The van der Waals surface area contributed by atoms with E-state index >= 15 is 0 Å². The summed E-state index contributed by atoms with van der Waals surface area (Å²) < 4.78 is 0. The average molecular weight is 277 g/mol. The molecule has 1 spiro atoms. The summed E-state index contributed by atoms with van der Waals surface area (Å²) in [6.45, 7) is 9.48. The smallest absolute Gasteiger partial charge is 0.116 e. The van der Waals surface area contributed by atoms with Crippen LogP contribution in [0.25, 0.3) is 0 Å². The van der Waals surface area contributed by atoms with Gasteiger partial charge in [0.15, 0.2) is 0 Å². The highest BCUT2D eigenvalue weighted by atomic mass is 15.2. The maximum atomic E-state index is 9.47. The molecule has 1 N–H and O–H groups in total. The van der Waals surface area contributed by atoms with Crippen LogP contribution in [0.2, 0.25) is 0 Å². The Kier molecular flexibility index (Phi) is 5.09. The maximum Gasteiger partial charge on any atom is 0.116 e. The summed E-state index contributed by atoms with van der Waals surface area (Å²) in [6.07, 6.45) is 9.89. The third-order valence-corrected chi connectivity index (χ3v) is 5.22. The summed E-state index contributed by atoms with van der Waals surface area (Å²) in [5, 5.41) is 12.9. The molecule has 0 aromatic rings. The summed E-state index contributed by atoms with van der Waals surface area (Å²) in [5.41, 5.74) is 0.245. The minimum atomic E-state index is -0.411. The monoisotopic (exact) mass is 277 g/mol. The van der Waals surface area contributed by atoms with Gasteiger partial charge < -0.3 is 4.90 Å². The van der Waals surface area contributed by atoms with Crippen LogP contribution < -0.4 is 5.32 Å².